The Labute approximate surface area is 114 Å². The lowest BCUT2D eigenvalue weighted by Gasteiger charge is -2.13. The second kappa shape index (κ2) is 4.94. The smallest absolute Gasteiger partial charge is 0.310 e. The average molecular weight is 281 g/mol. The third kappa shape index (κ3) is 2.70. The molecule has 0 saturated heterocycles. The summed E-state index contributed by atoms with van der Waals surface area (Å²) in [5, 5.41) is 7.00. The van der Waals surface area contributed by atoms with Crippen LogP contribution in [0, 0.1) is 0 Å². The molecule has 1 aliphatic carbocycles. The summed E-state index contributed by atoms with van der Waals surface area (Å²) >= 11 is 0. The molecule has 0 amide bonds. The molecular weight excluding hydrogens is 267 g/mol. The molecule has 1 N–H and O–H groups in total. The van der Waals surface area contributed by atoms with E-state index in [2.05, 4.69) is 10.4 Å². The lowest BCUT2D eigenvalue weighted by Crippen LogP contribution is -2.20. The van der Waals surface area contributed by atoms with Crippen molar-refractivity contribution in [2.24, 2.45) is 0 Å². The lowest BCUT2D eigenvalue weighted by molar-refractivity contribution is -0.143. The molecule has 1 fully saturated rings. The van der Waals surface area contributed by atoms with Gasteiger partial charge in [-0.15, -0.1) is 0 Å². The molecule has 3 nitrogen and oxygen atoms in total. The third-order valence-electron chi connectivity index (χ3n) is 3.27. The molecule has 0 bridgehead atoms. The maximum Gasteiger partial charge on any atom is 0.433 e. The van der Waals surface area contributed by atoms with E-state index in [4.69, 9.17) is 0 Å². The van der Waals surface area contributed by atoms with Crippen LogP contribution in [0.1, 0.15) is 24.1 Å². The van der Waals surface area contributed by atoms with Gasteiger partial charge < -0.3 is 5.32 Å². The van der Waals surface area contributed by atoms with Gasteiger partial charge >= 0.3 is 6.18 Å². The van der Waals surface area contributed by atoms with Crippen LogP contribution >= 0.6 is 0 Å². The molecule has 1 aromatic heterocycles. The van der Waals surface area contributed by atoms with Gasteiger partial charge in [0.15, 0.2) is 5.69 Å². The summed E-state index contributed by atoms with van der Waals surface area (Å²) in [5.74, 6) is 0. The Hall–Kier alpha value is -1.82. The number of aromatic nitrogens is 2. The molecule has 0 radical (unpaired) electrons. The third-order valence-corrected chi connectivity index (χ3v) is 3.27. The van der Waals surface area contributed by atoms with Crippen LogP contribution in [-0.4, -0.2) is 15.8 Å². The highest BCUT2D eigenvalue weighted by Gasteiger charge is 2.38. The van der Waals surface area contributed by atoms with E-state index in [1.807, 2.05) is 0 Å². The summed E-state index contributed by atoms with van der Waals surface area (Å²) in [6.07, 6.45) is -1.06. The van der Waals surface area contributed by atoms with Gasteiger partial charge in [0.05, 0.1) is 11.9 Å². The van der Waals surface area contributed by atoms with E-state index >= 15 is 0 Å². The number of para-hydroxylation sites is 1. The zero-order valence-corrected chi connectivity index (χ0v) is 10.7. The Morgan fingerprint density at radius 3 is 2.50 bits per heavy atom. The zero-order chi connectivity index (χ0) is 14.2. The minimum absolute atomic E-state index is 0.188. The highest BCUT2D eigenvalue weighted by molar-refractivity contribution is 5.36. The van der Waals surface area contributed by atoms with E-state index in [9.17, 15) is 13.2 Å². The van der Waals surface area contributed by atoms with E-state index < -0.39 is 11.9 Å². The molecule has 0 atom stereocenters. The Balaban J connectivity index is 1.97. The number of nitrogens with zero attached hydrogens (tertiary/aromatic N) is 2. The van der Waals surface area contributed by atoms with Gasteiger partial charge in [0.2, 0.25) is 0 Å². The first-order valence-corrected chi connectivity index (χ1v) is 6.48. The number of halogens is 3. The van der Waals surface area contributed by atoms with Crippen LogP contribution < -0.4 is 5.32 Å². The van der Waals surface area contributed by atoms with Gasteiger partial charge in [-0.05, 0) is 25.0 Å². The molecule has 1 aromatic carbocycles. The average Bonchev–Trinajstić information content (AvgIpc) is 3.14. The van der Waals surface area contributed by atoms with Crippen molar-refractivity contribution < 1.29 is 13.2 Å². The van der Waals surface area contributed by atoms with Crippen LogP contribution in [0.5, 0.6) is 0 Å². The van der Waals surface area contributed by atoms with Gasteiger partial charge in [0.1, 0.15) is 0 Å². The molecule has 3 rings (SSSR count). The highest BCUT2D eigenvalue weighted by atomic mass is 19.4. The molecule has 1 aliphatic rings. The van der Waals surface area contributed by atoms with Crippen LogP contribution in [-0.2, 0) is 12.7 Å². The van der Waals surface area contributed by atoms with Crippen molar-refractivity contribution >= 4 is 0 Å². The van der Waals surface area contributed by atoms with Gasteiger partial charge in [-0.25, -0.2) is 4.68 Å². The first-order valence-electron chi connectivity index (χ1n) is 6.48. The largest absolute Gasteiger partial charge is 0.433 e. The number of nitrogens with one attached hydrogen (secondary N) is 1. The Kier molecular flexibility index (Phi) is 3.25. The SMILES string of the molecule is FC(F)(F)c1c(CNC2CC2)cnn1-c1ccccc1. The van der Waals surface area contributed by atoms with Crippen molar-refractivity contribution in [3.8, 4) is 5.69 Å². The van der Waals surface area contributed by atoms with Crippen molar-refractivity contribution in [1.82, 2.24) is 15.1 Å². The van der Waals surface area contributed by atoms with Gasteiger partial charge in [0, 0.05) is 18.2 Å². The summed E-state index contributed by atoms with van der Waals surface area (Å²) in [6, 6.07) is 8.73. The van der Waals surface area contributed by atoms with Gasteiger partial charge in [0.25, 0.3) is 0 Å². The highest BCUT2D eigenvalue weighted by Crippen LogP contribution is 2.34. The number of hydrogen-bond acceptors (Lipinski definition) is 2. The van der Waals surface area contributed by atoms with Crippen LogP contribution in [0.4, 0.5) is 13.2 Å². The number of hydrogen-bond donors (Lipinski definition) is 1. The fraction of sp³-hybridized carbons (Fsp3) is 0.357. The van der Waals surface area contributed by atoms with E-state index in [1.165, 1.54) is 6.20 Å². The fourth-order valence-corrected chi connectivity index (χ4v) is 2.12. The van der Waals surface area contributed by atoms with Crippen molar-refractivity contribution in [2.45, 2.75) is 31.6 Å². The molecule has 6 heteroatoms. The molecule has 0 spiro atoms. The molecular formula is C14H14F3N3. The van der Waals surface area contributed by atoms with Crippen LogP contribution in [0.2, 0.25) is 0 Å². The van der Waals surface area contributed by atoms with Gasteiger partial charge in [-0.1, -0.05) is 18.2 Å². The van der Waals surface area contributed by atoms with Gasteiger partial charge in [-0.2, -0.15) is 18.3 Å². The predicted octanol–water partition coefficient (Wildman–Crippen LogP) is 3.14. The molecule has 0 unspecified atom stereocenters. The first-order chi connectivity index (χ1) is 9.55. The first kappa shape index (κ1) is 13.2. The second-order valence-corrected chi connectivity index (χ2v) is 4.92. The quantitative estimate of drug-likeness (QED) is 0.933. The molecule has 0 aliphatic heterocycles. The second-order valence-electron chi connectivity index (χ2n) is 4.92. The summed E-state index contributed by atoms with van der Waals surface area (Å²) in [4.78, 5) is 0. The minimum atomic E-state index is -4.42. The summed E-state index contributed by atoms with van der Waals surface area (Å²) in [5.41, 5.74) is -0.0948. The molecule has 2 aromatic rings. The topological polar surface area (TPSA) is 29.9 Å². The summed E-state index contributed by atoms with van der Waals surface area (Å²) in [6.45, 7) is 0.201. The maximum atomic E-state index is 13.3. The molecule has 106 valence electrons. The number of benzene rings is 1. The van der Waals surface area contributed by atoms with Crippen molar-refractivity contribution in [3.05, 3.63) is 47.8 Å². The molecule has 1 saturated carbocycles. The Morgan fingerprint density at radius 1 is 1.20 bits per heavy atom. The predicted molar refractivity (Wildman–Crippen MR) is 68.4 cm³/mol. The van der Waals surface area contributed by atoms with Crippen molar-refractivity contribution in [1.29, 1.82) is 0 Å². The number of alkyl halides is 3. The standard InChI is InChI=1S/C14H14F3N3/c15-14(16,17)13-10(8-18-11-6-7-11)9-19-20(13)12-4-2-1-3-5-12/h1-5,9,11,18H,6-8H2. The van der Waals surface area contributed by atoms with E-state index in [0.29, 0.717) is 11.7 Å². The maximum absolute atomic E-state index is 13.3. The van der Waals surface area contributed by atoms with Crippen molar-refractivity contribution in [3.63, 3.8) is 0 Å². The normalized spacial score (nSPS) is 15.6. The van der Waals surface area contributed by atoms with Crippen LogP contribution in [0.25, 0.3) is 5.69 Å². The summed E-state index contributed by atoms with van der Waals surface area (Å²) in [7, 11) is 0. The summed E-state index contributed by atoms with van der Waals surface area (Å²) < 4.78 is 40.8. The van der Waals surface area contributed by atoms with Gasteiger partial charge in [-0.3, -0.25) is 0 Å². The van der Waals surface area contributed by atoms with Crippen LogP contribution in [0.15, 0.2) is 36.5 Å². The van der Waals surface area contributed by atoms with E-state index in [-0.39, 0.29) is 12.1 Å². The van der Waals surface area contributed by atoms with E-state index in [0.717, 1.165) is 17.5 Å². The molecule has 1 heterocycles. The monoisotopic (exact) mass is 281 g/mol. The van der Waals surface area contributed by atoms with Crippen LogP contribution in [0.3, 0.4) is 0 Å². The Bertz CT molecular complexity index is 585. The lowest BCUT2D eigenvalue weighted by atomic mass is 10.2. The zero-order valence-electron chi connectivity index (χ0n) is 10.7. The van der Waals surface area contributed by atoms with E-state index in [1.54, 1.807) is 30.3 Å². The fourth-order valence-electron chi connectivity index (χ4n) is 2.12. The molecule has 20 heavy (non-hydrogen) atoms. The minimum Gasteiger partial charge on any atom is -0.310 e. The van der Waals surface area contributed by atoms with Crippen molar-refractivity contribution in [2.75, 3.05) is 0 Å². The number of rotatable bonds is 4. The Morgan fingerprint density at radius 2 is 1.90 bits per heavy atom.